The van der Waals surface area contributed by atoms with E-state index in [0.717, 1.165) is 5.56 Å². The second-order valence-electron chi connectivity index (χ2n) is 4.74. The van der Waals surface area contributed by atoms with E-state index in [4.69, 9.17) is 21.7 Å². The topological polar surface area (TPSA) is 30.5 Å². The highest BCUT2D eigenvalue weighted by Crippen LogP contribution is 2.27. The second-order valence-corrected chi connectivity index (χ2v) is 5.15. The Hall–Kier alpha value is -2.07. The van der Waals surface area contributed by atoms with E-state index in [-0.39, 0.29) is 0 Å². The fourth-order valence-electron chi connectivity index (χ4n) is 2.08. The first-order chi connectivity index (χ1) is 10.1. The summed E-state index contributed by atoms with van der Waals surface area (Å²) in [7, 11) is 3.23. The summed E-state index contributed by atoms with van der Waals surface area (Å²) in [6.45, 7) is 2.78. The Balaban J connectivity index is 2.06. The van der Waals surface area contributed by atoms with Gasteiger partial charge < -0.3 is 14.8 Å². The minimum Gasteiger partial charge on any atom is -0.493 e. The van der Waals surface area contributed by atoms with Gasteiger partial charge in [-0.2, -0.15) is 0 Å². The normalized spacial score (nSPS) is 10.0. The van der Waals surface area contributed by atoms with Gasteiger partial charge in [0.25, 0.3) is 0 Å². The van der Waals surface area contributed by atoms with Crippen molar-refractivity contribution >= 4 is 17.2 Å². The summed E-state index contributed by atoms with van der Waals surface area (Å²) in [5.41, 5.74) is 3.36. The summed E-state index contributed by atoms with van der Waals surface area (Å²) in [6, 6.07) is 14.0. The lowest BCUT2D eigenvalue weighted by atomic mass is 10.1. The second kappa shape index (κ2) is 7.09. The van der Waals surface area contributed by atoms with E-state index in [2.05, 4.69) is 30.4 Å². The molecule has 0 fully saturated rings. The SMILES string of the molecule is COc1ccc(C(=S)NCc2cccc(C)c2)cc1OC. The molecule has 0 aliphatic carbocycles. The molecule has 0 heterocycles. The first-order valence-corrected chi connectivity index (χ1v) is 7.10. The molecule has 3 nitrogen and oxygen atoms in total. The minimum absolute atomic E-state index is 0.676. The van der Waals surface area contributed by atoms with E-state index in [1.807, 2.05) is 24.3 Å². The zero-order valence-electron chi connectivity index (χ0n) is 12.5. The van der Waals surface area contributed by atoms with Crippen molar-refractivity contribution in [2.75, 3.05) is 14.2 Å². The number of ether oxygens (including phenoxy) is 2. The predicted octanol–water partition coefficient (Wildman–Crippen LogP) is 3.48. The van der Waals surface area contributed by atoms with Crippen LogP contribution >= 0.6 is 12.2 Å². The van der Waals surface area contributed by atoms with Crippen molar-refractivity contribution in [3.8, 4) is 11.5 Å². The summed E-state index contributed by atoms with van der Waals surface area (Å²) in [5.74, 6) is 1.37. The van der Waals surface area contributed by atoms with Crippen molar-refractivity contribution in [2.45, 2.75) is 13.5 Å². The van der Waals surface area contributed by atoms with Crippen LogP contribution in [0.5, 0.6) is 11.5 Å². The fourth-order valence-corrected chi connectivity index (χ4v) is 2.28. The van der Waals surface area contributed by atoms with E-state index < -0.39 is 0 Å². The molecule has 0 aromatic heterocycles. The molecule has 4 heteroatoms. The van der Waals surface area contributed by atoms with Gasteiger partial charge in [0.1, 0.15) is 4.99 Å². The predicted molar refractivity (Wildman–Crippen MR) is 89.3 cm³/mol. The van der Waals surface area contributed by atoms with Gasteiger partial charge in [0.2, 0.25) is 0 Å². The zero-order chi connectivity index (χ0) is 15.2. The number of hydrogen-bond acceptors (Lipinski definition) is 3. The maximum Gasteiger partial charge on any atom is 0.161 e. The fraction of sp³-hybridized carbons (Fsp3) is 0.235. The van der Waals surface area contributed by atoms with E-state index in [0.29, 0.717) is 23.0 Å². The molecule has 0 spiro atoms. The third-order valence-corrected chi connectivity index (χ3v) is 3.56. The molecule has 0 saturated heterocycles. The summed E-state index contributed by atoms with van der Waals surface area (Å²) in [6.07, 6.45) is 0. The highest BCUT2D eigenvalue weighted by Gasteiger charge is 2.07. The molecule has 0 atom stereocenters. The third-order valence-electron chi connectivity index (χ3n) is 3.18. The maximum atomic E-state index is 5.43. The van der Waals surface area contributed by atoms with E-state index in [1.165, 1.54) is 11.1 Å². The summed E-state index contributed by atoms with van der Waals surface area (Å²) in [5, 5.41) is 3.27. The Morgan fingerprint density at radius 1 is 1.05 bits per heavy atom. The number of methoxy groups -OCH3 is 2. The monoisotopic (exact) mass is 301 g/mol. The average molecular weight is 301 g/mol. The van der Waals surface area contributed by atoms with E-state index in [1.54, 1.807) is 14.2 Å². The number of thiocarbonyl (C=S) groups is 1. The molecule has 0 radical (unpaired) electrons. The van der Waals surface area contributed by atoms with Gasteiger partial charge in [0.15, 0.2) is 11.5 Å². The van der Waals surface area contributed by atoms with Gasteiger partial charge in [-0.25, -0.2) is 0 Å². The minimum atomic E-state index is 0.676. The van der Waals surface area contributed by atoms with Crippen LogP contribution in [0.2, 0.25) is 0 Å². The van der Waals surface area contributed by atoms with Crippen LogP contribution in [0.15, 0.2) is 42.5 Å². The van der Waals surface area contributed by atoms with E-state index >= 15 is 0 Å². The van der Waals surface area contributed by atoms with Crippen LogP contribution < -0.4 is 14.8 Å². The summed E-state index contributed by atoms with van der Waals surface area (Å²) >= 11 is 5.43. The van der Waals surface area contributed by atoms with Gasteiger partial charge in [-0.3, -0.25) is 0 Å². The Morgan fingerprint density at radius 3 is 2.48 bits per heavy atom. The van der Waals surface area contributed by atoms with Crippen molar-refractivity contribution in [3.63, 3.8) is 0 Å². The van der Waals surface area contributed by atoms with Crippen molar-refractivity contribution in [1.29, 1.82) is 0 Å². The van der Waals surface area contributed by atoms with Crippen LogP contribution in [0.1, 0.15) is 16.7 Å². The highest BCUT2D eigenvalue weighted by molar-refractivity contribution is 7.80. The third kappa shape index (κ3) is 3.95. The van der Waals surface area contributed by atoms with Crippen LogP contribution in [-0.4, -0.2) is 19.2 Å². The lowest BCUT2D eigenvalue weighted by Crippen LogP contribution is -2.21. The molecule has 2 rings (SSSR count). The Labute approximate surface area is 130 Å². The first kappa shape index (κ1) is 15.3. The van der Waals surface area contributed by atoms with Crippen LogP contribution in [-0.2, 0) is 6.54 Å². The number of nitrogens with one attached hydrogen (secondary N) is 1. The van der Waals surface area contributed by atoms with Gasteiger partial charge in [-0.05, 0) is 30.7 Å². The standard InChI is InChI=1S/C17H19NO2S/c1-12-5-4-6-13(9-12)11-18-17(21)14-7-8-15(19-2)16(10-14)20-3/h4-10H,11H2,1-3H3,(H,18,21). The average Bonchev–Trinajstić information content (AvgIpc) is 2.52. The van der Waals surface area contributed by atoms with Crippen LogP contribution in [0.4, 0.5) is 0 Å². The molecule has 0 saturated carbocycles. The van der Waals surface area contributed by atoms with Crippen molar-refractivity contribution in [2.24, 2.45) is 0 Å². The molecule has 0 aliphatic rings. The maximum absolute atomic E-state index is 5.43. The zero-order valence-corrected chi connectivity index (χ0v) is 13.3. The first-order valence-electron chi connectivity index (χ1n) is 6.70. The van der Waals surface area contributed by atoms with Gasteiger partial charge in [-0.1, -0.05) is 42.0 Å². The Bertz CT molecular complexity index is 640. The van der Waals surface area contributed by atoms with Crippen molar-refractivity contribution in [3.05, 3.63) is 59.2 Å². The molecule has 0 bridgehead atoms. The molecule has 0 unspecified atom stereocenters. The van der Waals surface area contributed by atoms with Gasteiger partial charge in [0, 0.05) is 12.1 Å². The molecular weight excluding hydrogens is 282 g/mol. The van der Waals surface area contributed by atoms with Crippen LogP contribution in [0, 0.1) is 6.92 Å². The molecule has 2 aromatic rings. The summed E-state index contributed by atoms with van der Waals surface area (Å²) in [4.78, 5) is 0.692. The molecule has 1 N–H and O–H groups in total. The molecule has 2 aromatic carbocycles. The Morgan fingerprint density at radius 2 is 1.81 bits per heavy atom. The van der Waals surface area contributed by atoms with E-state index in [9.17, 15) is 0 Å². The number of aryl methyl sites for hydroxylation is 1. The lowest BCUT2D eigenvalue weighted by Gasteiger charge is -2.12. The van der Waals surface area contributed by atoms with Crippen molar-refractivity contribution in [1.82, 2.24) is 5.32 Å². The molecule has 0 amide bonds. The largest absolute Gasteiger partial charge is 0.493 e. The van der Waals surface area contributed by atoms with Gasteiger partial charge in [-0.15, -0.1) is 0 Å². The molecular formula is C17H19NO2S. The Kier molecular flexibility index (Phi) is 5.17. The number of rotatable bonds is 5. The molecule has 0 aliphatic heterocycles. The van der Waals surface area contributed by atoms with Gasteiger partial charge >= 0.3 is 0 Å². The van der Waals surface area contributed by atoms with Gasteiger partial charge in [0.05, 0.1) is 14.2 Å². The molecule has 21 heavy (non-hydrogen) atoms. The number of benzene rings is 2. The highest BCUT2D eigenvalue weighted by atomic mass is 32.1. The molecule has 110 valence electrons. The quantitative estimate of drug-likeness (QED) is 0.857. The van der Waals surface area contributed by atoms with Crippen molar-refractivity contribution < 1.29 is 9.47 Å². The lowest BCUT2D eigenvalue weighted by molar-refractivity contribution is 0.355. The van der Waals surface area contributed by atoms with Crippen LogP contribution in [0.3, 0.4) is 0 Å². The van der Waals surface area contributed by atoms with Crippen LogP contribution in [0.25, 0.3) is 0 Å². The smallest absolute Gasteiger partial charge is 0.161 e. The number of hydrogen-bond donors (Lipinski definition) is 1. The summed E-state index contributed by atoms with van der Waals surface area (Å²) < 4.78 is 10.5.